The molecular weight excluding hydrogens is 424 g/mol. The summed E-state index contributed by atoms with van der Waals surface area (Å²) in [6.45, 7) is 3.63. The van der Waals surface area contributed by atoms with E-state index < -0.39 is 30.1 Å². The lowest BCUT2D eigenvalue weighted by molar-refractivity contribution is -0.143. The Kier molecular flexibility index (Phi) is 8.06. The number of nitrogens with one attached hydrogen (secondary N) is 2. The van der Waals surface area contributed by atoms with Gasteiger partial charge in [0.2, 0.25) is 5.91 Å². The van der Waals surface area contributed by atoms with Crippen LogP contribution < -0.4 is 10.6 Å². The van der Waals surface area contributed by atoms with Crippen LogP contribution in [0, 0.1) is 5.92 Å². The van der Waals surface area contributed by atoms with E-state index in [4.69, 9.17) is 9.47 Å². The van der Waals surface area contributed by atoms with Crippen LogP contribution in [0.15, 0.2) is 48.5 Å². The average molecular weight is 455 g/mol. The molecule has 0 heterocycles. The number of rotatable bonds is 10. The summed E-state index contributed by atoms with van der Waals surface area (Å²) in [4.78, 5) is 36.8. The highest BCUT2D eigenvalue weighted by atomic mass is 16.5. The molecule has 33 heavy (non-hydrogen) atoms. The molecule has 176 valence electrons. The first kappa shape index (κ1) is 24.3. The van der Waals surface area contributed by atoms with Gasteiger partial charge in [-0.15, -0.1) is 0 Å². The van der Waals surface area contributed by atoms with Crippen LogP contribution in [0.1, 0.15) is 37.3 Å². The Morgan fingerprint density at radius 3 is 2.09 bits per heavy atom. The number of benzene rings is 2. The van der Waals surface area contributed by atoms with Gasteiger partial charge in [0.15, 0.2) is 6.04 Å². The first-order chi connectivity index (χ1) is 15.9. The Bertz CT molecular complexity index is 962. The molecule has 8 nitrogen and oxygen atoms in total. The molecule has 0 fully saturated rings. The number of methoxy groups -OCH3 is 1. The van der Waals surface area contributed by atoms with Gasteiger partial charge in [0, 0.05) is 13.0 Å². The third-order valence-corrected chi connectivity index (χ3v) is 6.06. The molecule has 0 unspecified atom stereocenters. The second kappa shape index (κ2) is 11.0. The number of carbonyl (C=O) groups is 3. The van der Waals surface area contributed by atoms with Crippen molar-refractivity contribution in [1.82, 2.24) is 10.6 Å². The highest BCUT2D eigenvalue weighted by molar-refractivity contribution is 5.89. The van der Waals surface area contributed by atoms with Crippen molar-refractivity contribution in [2.24, 2.45) is 5.92 Å². The third-order valence-electron chi connectivity index (χ3n) is 6.06. The summed E-state index contributed by atoms with van der Waals surface area (Å²) in [6, 6.07) is 13.9. The van der Waals surface area contributed by atoms with E-state index in [-0.39, 0.29) is 25.0 Å². The zero-order valence-corrected chi connectivity index (χ0v) is 19.0. The highest BCUT2D eigenvalue weighted by Crippen LogP contribution is 2.44. The van der Waals surface area contributed by atoms with Crippen molar-refractivity contribution in [3.8, 4) is 11.1 Å². The molecule has 0 bridgehead atoms. The number of ether oxygens (including phenoxy) is 2. The Balaban J connectivity index is 1.68. The molecule has 2 aromatic rings. The normalized spacial score (nSPS) is 15.0. The maximum atomic E-state index is 12.8. The molecule has 0 radical (unpaired) electrons. The molecule has 2 amide bonds. The summed E-state index contributed by atoms with van der Waals surface area (Å²) in [7, 11) is 1.35. The maximum absolute atomic E-state index is 12.8. The monoisotopic (exact) mass is 454 g/mol. The van der Waals surface area contributed by atoms with Crippen molar-refractivity contribution in [3.05, 3.63) is 59.7 Å². The topological polar surface area (TPSA) is 114 Å². The van der Waals surface area contributed by atoms with E-state index in [0.29, 0.717) is 6.42 Å². The molecule has 3 rings (SSSR count). The first-order valence-electron chi connectivity index (χ1n) is 11.0. The first-order valence-corrected chi connectivity index (χ1v) is 11.0. The number of amides is 2. The van der Waals surface area contributed by atoms with Crippen molar-refractivity contribution in [2.75, 3.05) is 20.3 Å². The molecule has 1 aliphatic rings. The molecule has 3 atom stereocenters. The lowest BCUT2D eigenvalue weighted by atomic mass is 9.98. The van der Waals surface area contributed by atoms with Gasteiger partial charge in [-0.3, -0.25) is 4.79 Å². The van der Waals surface area contributed by atoms with Crippen LogP contribution in [0.3, 0.4) is 0 Å². The van der Waals surface area contributed by atoms with Crippen molar-refractivity contribution >= 4 is 18.0 Å². The lowest BCUT2D eigenvalue weighted by Gasteiger charge is -2.25. The van der Waals surface area contributed by atoms with Crippen molar-refractivity contribution in [2.45, 2.75) is 38.3 Å². The smallest absolute Gasteiger partial charge is 0.407 e. The van der Waals surface area contributed by atoms with Gasteiger partial charge in [-0.05, 0) is 28.2 Å². The van der Waals surface area contributed by atoms with Crippen LogP contribution in [0.25, 0.3) is 11.1 Å². The van der Waals surface area contributed by atoms with Gasteiger partial charge in [0.05, 0.1) is 6.61 Å². The standard InChI is InChI=1S/C25H30N2O6/c1-4-15(2)22(23(28)26-21(14-32-3)24(29)30)27-25(31)33-13-20-18-11-7-5-9-16(18)17-10-6-8-12-19(17)20/h5-12,15,20-22H,4,13-14H2,1-3H3,(H,26,28)(H,27,31)(H,29,30)/t15-,21-,22-/m0/s1. The second-order valence-electron chi connectivity index (χ2n) is 8.19. The maximum Gasteiger partial charge on any atom is 0.407 e. The largest absolute Gasteiger partial charge is 0.480 e. The Labute approximate surface area is 193 Å². The fourth-order valence-electron chi connectivity index (χ4n) is 4.07. The van der Waals surface area contributed by atoms with E-state index in [1.54, 1.807) is 6.92 Å². The molecule has 0 aliphatic heterocycles. The Hall–Kier alpha value is -3.39. The van der Waals surface area contributed by atoms with Crippen LogP contribution in [-0.2, 0) is 19.1 Å². The molecule has 2 aromatic carbocycles. The second-order valence-corrected chi connectivity index (χ2v) is 8.19. The molecule has 0 spiro atoms. The molecule has 3 N–H and O–H groups in total. The van der Waals surface area contributed by atoms with Crippen molar-refractivity contribution in [1.29, 1.82) is 0 Å². The highest BCUT2D eigenvalue weighted by Gasteiger charge is 2.32. The molecule has 0 saturated heterocycles. The van der Waals surface area contributed by atoms with Gasteiger partial charge >= 0.3 is 12.1 Å². The minimum atomic E-state index is -1.21. The number of carboxylic acids is 1. The van der Waals surface area contributed by atoms with Crippen LogP contribution in [0.2, 0.25) is 0 Å². The summed E-state index contributed by atoms with van der Waals surface area (Å²) in [5.74, 6) is -2.14. The Morgan fingerprint density at radius 2 is 1.58 bits per heavy atom. The van der Waals surface area contributed by atoms with E-state index in [2.05, 4.69) is 22.8 Å². The lowest BCUT2D eigenvalue weighted by Crippen LogP contribution is -2.55. The van der Waals surface area contributed by atoms with Gasteiger partial charge in [-0.25, -0.2) is 9.59 Å². The quantitative estimate of drug-likeness (QED) is 0.508. The summed E-state index contributed by atoms with van der Waals surface area (Å²) in [5.41, 5.74) is 4.42. The minimum absolute atomic E-state index is 0.0999. The molecule has 0 saturated carbocycles. The fraction of sp³-hybridized carbons (Fsp3) is 0.400. The van der Waals surface area contributed by atoms with Gasteiger partial charge < -0.3 is 25.2 Å². The van der Waals surface area contributed by atoms with Gasteiger partial charge in [-0.1, -0.05) is 68.8 Å². The van der Waals surface area contributed by atoms with E-state index >= 15 is 0 Å². The summed E-state index contributed by atoms with van der Waals surface area (Å²) < 4.78 is 10.4. The molecular formula is C25H30N2O6. The van der Waals surface area contributed by atoms with Gasteiger partial charge in [0.1, 0.15) is 12.6 Å². The van der Waals surface area contributed by atoms with E-state index in [1.165, 1.54) is 7.11 Å². The van der Waals surface area contributed by atoms with E-state index in [0.717, 1.165) is 22.3 Å². The predicted molar refractivity (Wildman–Crippen MR) is 123 cm³/mol. The van der Waals surface area contributed by atoms with Gasteiger partial charge in [-0.2, -0.15) is 0 Å². The third kappa shape index (κ3) is 5.51. The molecule has 1 aliphatic carbocycles. The van der Waals surface area contributed by atoms with Crippen LogP contribution in [-0.4, -0.2) is 55.5 Å². The van der Waals surface area contributed by atoms with E-state index in [1.807, 2.05) is 43.3 Å². The number of fused-ring (bicyclic) bond motifs is 3. The van der Waals surface area contributed by atoms with Crippen molar-refractivity contribution in [3.63, 3.8) is 0 Å². The number of hydrogen-bond acceptors (Lipinski definition) is 5. The fourth-order valence-corrected chi connectivity index (χ4v) is 4.07. The Morgan fingerprint density at radius 1 is 1.00 bits per heavy atom. The SMILES string of the molecule is CC[C@H](C)[C@H](NC(=O)OCC1c2ccccc2-c2ccccc21)C(=O)N[C@@H](COC)C(=O)O. The summed E-state index contributed by atoms with van der Waals surface area (Å²) in [6.07, 6.45) is -0.125. The average Bonchev–Trinajstić information content (AvgIpc) is 3.14. The number of carbonyl (C=O) groups excluding carboxylic acids is 2. The van der Waals surface area contributed by atoms with Gasteiger partial charge in [0.25, 0.3) is 0 Å². The van der Waals surface area contributed by atoms with Crippen molar-refractivity contribution < 1.29 is 29.0 Å². The number of hydrogen-bond donors (Lipinski definition) is 3. The number of aliphatic carboxylic acids is 1. The molecule has 0 aromatic heterocycles. The zero-order chi connectivity index (χ0) is 24.0. The zero-order valence-electron chi connectivity index (χ0n) is 19.0. The molecule has 8 heteroatoms. The number of carboxylic acid groups (broad SMARTS) is 1. The van der Waals surface area contributed by atoms with Crippen LogP contribution in [0.5, 0.6) is 0 Å². The van der Waals surface area contributed by atoms with E-state index in [9.17, 15) is 19.5 Å². The summed E-state index contributed by atoms with van der Waals surface area (Å²) in [5, 5.41) is 14.3. The van der Waals surface area contributed by atoms with Crippen LogP contribution in [0.4, 0.5) is 4.79 Å². The summed E-state index contributed by atoms with van der Waals surface area (Å²) >= 11 is 0. The number of alkyl carbamates (subject to hydrolysis) is 1. The predicted octanol–water partition coefficient (Wildman–Crippen LogP) is 3.16. The minimum Gasteiger partial charge on any atom is -0.480 e. The van der Waals surface area contributed by atoms with Crippen LogP contribution >= 0.6 is 0 Å².